The van der Waals surface area contributed by atoms with Gasteiger partial charge >= 0.3 is 0 Å². The van der Waals surface area contributed by atoms with Crippen LogP contribution in [-0.2, 0) is 11.3 Å². The van der Waals surface area contributed by atoms with E-state index in [4.69, 9.17) is 9.47 Å². The molecule has 3 rings (SSSR count). The Hall–Kier alpha value is -1.75. The van der Waals surface area contributed by atoms with Gasteiger partial charge in [-0.15, -0.1) is 0 Å². The van der Waals surface area contributed by atoms with Crippen LogP contribution in [0, 0.1) is 11.8 Å². The molecule has 1 aromatic carbocycles. The minimum atomic E-state index is 0.0789. The molecule has 0 saturated carbocycles. The molecule has 0 aromatic heterocycles. The Balaban J connectivity index is 1.63. The number of nitrogens with zero attached hydrogens (tertiary/aromatic N) is 1. The second kappa shape index (κ2) is 5.32. The number of carbonyl (C=O) groups excluding carboxylic acids is 1. The van der Waals surface area contributed by atoms with E-state index < -0.39 is 0 Å². The van der Waals surface area contributed by atoms with Gasteiger partial charge in [0.15, 0.2) is 11.5 Å². The minimum Gasteiger partial charge on any atom is -0.454 e. The highest BCUT2D eigenvalue weighted by atomic mass is 16.7. The lowest BCUT2D eigenvalue weighted by atomic mass is 9.88. The van der Waals surface area contributed by atoms with Crippen LogP contribution in [0.4, 0.5) is 0 Å². The van der Waals surface area contributed by atoms with Crippen molar-refractivity contribution in [1.82, 2.24) is 10.2 Å². The van der Waals surface area contributed by atoms with Gasteiger partial charge in [-0.1, -0.05) is 13.0 Å². The molecule has 2 aliphatic rings. The molecule has 5 heteroatoms. The average molecular weight is 276 g/mol. The number of rotatable bonds is 4. The summed E-state index contributed by atoms with van der Waals surface area (Å²) in [6, 6.07) is 5.82. The van der Waals surface area contributed by atoms with Gasteiger partial charge in [-0.2, -0.15) is 0 Å². The van der Waals surface area contributed by atoms with Gasteiger partial charge in [-0.25, -0.2) is 0 Å². The second-order valence-electron chi connectivity index (χ2n) is 5.59. The molecule has 1 amide bonds. The maximum absolute atomic E-state index is 12.4. The van der Waals surface area contributed by atoms with Gasteiger partial charge in [-0.05, 0) is 36.7 Å². The fourth-order valence-electron chi connectivity index (χ4n) is 2.60. The molecule has 5 nitrogen and oxygen atoms in total. The molecule has 20 heavy (non-hydrogen) atoms. The van der Waals surface area contributed by atoms with Crippen LogP contribution in [-0.4, -0.2) is 37.7 Å². The van der Waals surface area contributed by atoms with Crippen LogP contribution >= 0.6 is 0 Å². The van der Waals surface area contributed by atoms with Crippen molar-refractivity contribution in [3.63, 3.8) is 0 Å². The maximum Gasteiger partial charge on any atom is 0.231 e. The predicted molar refractivity (Wildman–Crippen MR) is 74.6 cm³/mol. The van der Waals surface area contributed by atoms with Crippen LogP contribution < -0.4 is 14.8 Å². The highest BCUT2D eigenvalue weighted by Gasteiger charge is 2.30. The Morgan fingerprint density at radius 1 is 1.40 bits per heavy atom. The van der Waals surface area contributed by atoms with E-state index in [1.807, 2.05) is 32.2 Å². The normalized spacial score (nSPS) is 18.5. The smallest absolute Gasteiger partial charge is 0.231 e. The van der Waals surface area contributed by atoms with Crippen molar-refractivity contribution in [2.45, 2.75) is 13.5 Å². The highest BCUT2D eigenvalue weighted by Crippen LogP contribution is 2.32. The molecule has 1 atom stereocenters. The first-order valence-corrected chi connectivity index (χ1v) is 6.99. The fraction of sp³-hybridized carbons (Fsp3) is 0.533. The van der Waals surface area contributed by atoms with Gasteiger partial charge in [-0.3, -0.25) is 4.79 Å². The molecule has 0 aliphatic carbocycles. The van der Waals surface area contributed by atoms with Crippen LogP contribution in [0.25, 0.3) is 0 Å². The summed E-state index contributed by atoms with van der Waals surface area (Å²) < 4.78 is 10.6. The lowest BCUT2D eigenvalue weighted by Crippen LogP contribution is -2.49. The molecule has 0 radical (unpaired) electrons. The maximum atomic E-state index is 12.4. The number of ether oxygens (including phenoxy) is 2. The molecule has 0 bridgehead atoms. The first kappa shape index (κ1) is 13.2. The summed E-state index contributed by atoms with van der Waals surface area (Å²) in [6.45, 7) is 4.79. The molecule has 1 unspecified atom stereocenters. The summed E-state index contributed by atoms with van der Waals surface area (Å²) in [7, 11) is 1.86. The zero-order chi connectivity index (χ0) is 14.1. The van der Waals surface area contributed by atoms with Crippen molar-refractivity contribution in [3.05, 3.63) is 23.8 Å². The number of benzene rings is 1. The largest absolute Gasteiger partial charge is 0.454 e. The molecule has 108 valence electrons. The summed E-state index contributed by atoms with van der Waals surface area (Å²) in [4.78, 5) is 14.1. The lowest BCUT2D eigenvalue weighted by Gasteiger charge is -2.34. The van der Waals surface area contributed by atoms with Crippen LogP contribution in [0.2, 0.25) is 0 Å². The molecule has 0 spiro atoms. The SMILES string of the molecule is CC(C(=O)N(C)Cc1ccc2c(c1)OCO2)C1CNC1. The molecule has 1 fully saturated rings. The van der Waals surface area contributed by atoms with Crippen LogP contribution in [0.1, 0.15) is 12.5 Å². The number of hydrogen-bond donors (Lipinski definition) is 1. The summed E-state index contributed by atoms with van der Waals surface area (Å²) >= 11 is 0. The Bertz CT molecular complexity index is 514. The minimum absolute atomic E-state index is 0.0789. The van der Waals surface area contributed by atoms with Crippen LogP contribution in [0.3, 0.4) is 0 Å². The predicted octanol–water partition coefficient (Wildman–Crippen LogP) is 1.23. The van der Waals surface area contributed by atoms with Gasteiger partial charge in [0.25, 0.3) is 0 Å². The third-order valence-corrected chi connectivity index (χ3v) is 4.14. The first-order valence-electron chi connectivity index (χ1n) is 6.99. The van der Waals surface area contributed by atoms with Crippen molar-refractivity contribution in [3.8, 4) is 11.5 Å². The molecule has 2 aliphatic heterocycles. The molecule has 1 aromatic rings. The van der Waals surface area contributed by atoms with Crippen LogP contribution in [0.15, 0.2) is 18.2 Å². The van der Waals surface area contributed by atoms with Crippen molar-refractivity contribution in [1.29, 1.82) is 0 Å². The third-order valence-electron chi connectivity index (χ3n) is 4.14. The fourth-order valence-corrected chi connectivity index (χ4v) is 2.60. The number of fused-ring (bicyclic) bond motifs is 1. The Morgan fingerprint density at radius 2 is 2.15 bits per heavy atom. The molecular formula is C15H20N2O3. The highest BCUT2D eigenvalue weighted by molar-refractivity contribution is 5.78. The quantitative estimate of drug-likeness (QED) is 0.898. The lowest BCUT2D eigenvalue weighted by molar-refractivity contribution is -0.136. The monoisotopic (exact) mass is 276 g/mol. The standard InChI is InChI=1S/C15H20N2O3/c1-10(12-6-16-7-12)15(18)17(2)8-11-3-4-13-14(5-11)20-9-19-13/h3-5,10,12,16H,6-9H2,1-2H3. The number of hydrogen-bond acceptors (Lipinski definition) is 4. The van der Waals surface area contributed by atoms with Crippen molar-refractivity contribution in [2.24, 2.45) is 11.8 Å². The Morgan fingerprint density at radius 3 is 2.85 bits per heavy atom. The van der Waals surface area contributed by atoms with Crippen molar-refractivity contribution >= 4 is 5.91 Å². The summed E-state index contributed by atoms with van der Waals surface area (Å²) in [6.07, 6.45) is 0. The van der Waals surface area contributed by atoms with Gasteiger partial charge in [0.1, 0.15) is 0 Å². The van der Waals surface area contributed by atoms with E-state index in [9.17, 15) is 4.79 Å². The first-order chi connectivity index (χ1) is 9.65. The van der Waals surface area contributed by atoms with E-state index in [2.05, 4.69) is 5.32 Å². The summed E-state index contributed by atoms with van der Waals surface area (Å²) in [5.41, 5.74) is 1.06. The number of carbonyl (C=O) groups is 1. The topological polar surface area (TPSA) is 50.8 Å². The second-order valence-corrected chi connectivity index (χ2v) is 5.59. The van der Waals surface area contributed by atoms with Crippen LogP contribution in [0.5, 0.6) is 11.5 Å². The average Bonchev–Trinajstić information content (AvgIpc) is 2.83. The zero-order valence-corrected chi connectivity index (χ0v) is 11.9. The van der Waals surface area contributed by atoms with E-state index in [0.29, 0.717) is 12.5 Å². The van der Waals surface area contributed by atoms with E-state index in [0.717, 1.165) is 30.2 Å². The van der Waals surface area contributed by atoms with Crippen molar-refractivity contribution < 1.29 is 14.3 Å². The van der Waals surface area contributed by atoms with Gasteiger partial charge in [0.05, 0.1) is 0 Å². The van der Waals surface area contributed by atoms with Crippen molar-refractivity contribution in [2.75, 3.05) is 26.9 Å². The Labute approximate surface area is 118 Å². The van der Waals surface area contributed by atoms with Gasteiger partial charge in [0, 0.05) is 19.5 Å². The molecule has 1 N–H and O–H groups in total. The summed E-state index contributed by atoms with van der Waals surface area (Å²) in [5.74, 6) is 2.29. The number of amides is 1. The third kappa shape index (κ3) is 2.45. The zero-order valence-electron chi connectivity index (χ0n) is 11.9. The summed E-state index contributed by atoms with van der Waals surface area (Å²) in [5, 5.41) is 3.21. The van der Waals surface area contributed by atoms with Gasteiger partial charge in [0.2, 0.25) is 12.7 Å². The van der Waals surface area contributed by atoms with E-state index in [-0.39, 0.29) is 18.6 Å². The molecule has 1 saturated heterocycles. The van der Waals surface area contributed by atoms with Gasteiger partial charge < -0.3 is 19.7 Å². The molecular weight excluding hydrogens is 256 g/mol. The van der Waals surface area contributed by atoms with E-state index >= 15 is 0 Å². The Kier molecular flexibility index (Phi) is 3.53. The van der Waals surface area contributed by atoms with E-state index in [1.54, 1.807) is 4.90 Å². The van der Waals surface area contributed by atoms with E-state index in [1.165, 1.54) is 0 Å². The number of nitrogens with one attached hydrogen (secondary N) is 1. The molecule has 2 heterocycles.